The number of hydrogen-bond acceptors (Lipinski definition) is 5. The van der Waals surface area contributed by atoms with Gasteiger partial charge in [0.15, 0.2) is 0 Å². The standard InChI is InChI=1S/C28H31FN4O2/c1-32-15-22(18-9-11-33(12-10-18)19-7-5-17(6-8-19)13-26(34)35)28-23(16-32)20-3-2-4-21-24(29)14-25(27(20)21)30-31-28/h2-4,9,14,16-17,19,31H,5-8,10-13,15H2,1H3,(H,34,35). The van der Waals surface area contributed by atoms with Gasteiger partial charge in [0, 0.05) is 73.7 Å². The van der Waals surface area contributed by atoms with Crippen LogP contribution >= 0.6 is 0 Å². The third-order valence-electron chi connectivity index (χ3n) is 8.17. The summed E-state index contributed by atoms with van der Waals surface area (Å²) in [5.74, 6) is -0.569. The number of benzene rings is 1. The Morgan fingerprint density at radius 2 is 2.03 bits per heavy atom. The third-order valence-corrected chi connectivity index (χ3v) is 8.17. The van der Waals surface area contributed by atoms with Gasteiger partial charge in [-0.2, -0.15) is 5.10 Å². The zero-order chi connectivity index (χ0) is 24.1. The molecule has 6 nitrogen and oxygen atoms in total. The molecule has 0 bridgehead atoms. The molecule has 1 fully saturated rings. The van der Waals surface area contributed by atoms with Crippen LogP contribution in [0.3, 0.4) is 0 Å². The zero-order valence-electron chi connectivity index (χ0n) is 20.1. The molecule has 182 valence electrons. The Kier molecular flexibility index (Phi) is 5.60. The van der Waals surface area contributed by atoms with Crippen LogP contribution in [0.15, 0.2) is 58.5 Å². The first-order valence-electron chi connectivity index (χ1n) is 12.6. The van der Waals surface area contributed by atoms with E-state index in [0.717, 1.165) is 74.1 Å². The zero-order valence-corrected chi connectivity index (χ0v) is 20.1. The van der Waals surface area contributed by atoms with Crippen molar-refractivity contribution >= 4 is 23.1 Å². The molecule has 0 amide bonds. The second kappa shape index (κ2) is 8.79. The first-order chi connectivity index (χ1) is 17.0. The van der Waals surface area contributed by atoms with Crippen LogP contribution < -0.4 is 5.43 Å². The van der Waals surface area contributed by atoms with Crippen molar-refractivity contribution in [1.82, 2.24) is 15.2 Å². The van der Waals surface area contributed by atoms with Gasteiger partial charge in [-0.15, -0.1) is 0 Å². The number of rotatable bonds is 4. The molecule has 3 heterocycles. The van der Waals surface area contributed by atoms with Crippen molar-refractivity contribution in [2.75, 3.05) is 26.7 Å². The normalized spacial score (nSPS) is 26.1. The lowest BCUT2D eigenvalue weighted by Gasteiger charge is -2.39. The highest BCUT2D eigenvalue weighted by Crippen LogP contribution is 2.41. The molecule has 0 radical (unpaired) electrons. The molecule has 3 aliphatic heterocycles. The number of hydrogen-bond donors (Lipinski definition) is 2. The fourth-order valence-corrected chi connectivity index (χ4v) is 6.39. The van der Waals surface area contributed by atoms with Crippen LogP contribution in [-0.2, 0) is 4.79 Å². The minimum atomic E-state index is -0.672. The van der Waals surface area contributed by atoms with Gasteiger partial charge >= 0.3 is 5.97 Å². The maximum atomic E-state index is 14.5. The SMILES string of the molecule is CN1C=C2C(=C(C3=CCN(C4CCC(CC(=O)O)CC4)CC3)C1)NN=C1C=C(F)c3cccc2c31. The van der Waals surface area contributed by atoms with Gasteiger partial charge in [-0.05, 0) is 49.2 Å². The molecule has 1 saturated carbocycles. The van der Waals surface area contributed by atoms with Crippen LogP contribution in [-0.4, -0.2) is 59.3 Å². The van der Waals surface area contributed by atoms with E-state index < -0.39 is 5.97 Å². The second-order valence-electron chi connectivity index (χ2n) is 10.4. The van der Waals surface area contributed by atoms with Crippen LogP contribution in [0.25, 0.3) is 11.4 Å². The fourth-order valence-electron chi connectivity index (χ4n) is 6.39. The molecule has 6 rings (SSSR count). The Hall–Kier alpha value is -3.19. The quantitative estimate of drug-likeness (QED) is 0.672. The Labute approximate surface area is 205 Å². The largest absolute Gasteiger partial charge is 0.481 e. The van der Waals surface area contributed by atoms with Crippen LogP contribution in [0, 0.1) is 5.92 Å². The summed E-state index contributed by atoms with van der Waals surface area (Å²) in [7, 11) is 2.09. The number of halogens is 1. The molecule has 2 N–H and O–H groups in total. The molecule has 0 saturated heterocycles. The van der Waals surface area contributed by atoms with Gasteiger partial charge in [0.1, 0.15) is 5.83 Å². The van der Waals surface area contributed by atoms with E-state index in [2.05, 4.69) is 45.7 Å². The van der Waals surface area contributed by atoms with Crippen molar-refractivity contribution in [3.8, 4) is 0 Å². The fraction of sp³-hybridized carbons (Fsp3) is 0.429. The first-order valence-corrected chi connectivity index (χ1v) is 12.6. The Bertz CT molecular complexity index is 1230. The molecule has 0 spiro atoms. The predicted molar refractivity (Wildman–Crippen MR) is 135 cm³/mol. The lowest BCUT2D eigenvalue weighted by molar-refractivity contribution is -0.138. The van der Waals surface area contributed by atoms with Crippen molar-refractivity contribution in [3.63, 3.8) is 0 Å². The lowest BCUT2D eigenvalue weighted by Crippen LogP contribution is -2.41. The molecular formula is C28H31FN4O2. The van der Waals surface area contributed by atoms with Crippen molar-refractivity contribution < 1.29 is 14.3 Å². The minimum absolute atomic E-state index is 0.230. The molecule has 5 aliphatic rings. The highest BCUT2D eigenvalue weighted by Gasteiger charge is 2.33. The van der Waals surface area contributed by atoms with E-state index in [1.165, 1.54) is 17.2 Å². The van der Waals surface area contributed by atoms with Gasteiger partial charge in [-0.1, -0.05) is 24.3 Å². The number of likely N-dealkylation sites (N-methyl/N-ethyl adjacent to an activating group) is 1. The van der Waals surface area contributed by atoms with Gasteiger partial charge in [-0.25, -0.2) is 4.39 Å². The number of nitrogens with zero attached hydrogens (tertiary/aromatic N) is 3. The monoisotopic (exact) mass is 474 g/mol. The highest BCUT2D eigenvalue weighted by molar-refractivity contribution is 6.21. The van der Waals surface area contributed by atoms with Crippen molar-refractivity contribution in [3.05, 3.63) is 70.1 Å². The summed E-state index contributed by atoms with van der Waals surface area (Å²) < 4.78 is 14.5. The van der Waals surface area contributed by atoms with Gasteiger partial charge < -0.3 is 10.0 Å². The van der Waals surface area contributed by atoms with Gasteiger partial charge in [0.05, 0.1) is 11.4 Å². The molecule has 1 aromatic rings. The number of hydrazone groups is 1. The summed E-state index contributed by atoms with van der Waals surface area (Å²) >= 11 is 0. The molecule has 0 aromatic heterocycles. The van der Waals surface area contributed by atoms with E-state index in [-0.39, 0.29) is 5.83 Å². The number of carbonyl (C=O) groups is 1. The number of allylic oxidation sites excluding steroid dienone is 2. The van der Waals surface area contributed by atoms with Crippen LogP contribution in [0.5, 0.6) is 0 Å². The molecule has 1 aromatic carbocycles. The predicted octanol–water partition coefficient (Wildman–Crippen LogP) is 4.52. The van der Waals surface area contributed by atoms with E-state index in [1.807, 2.05) is 12.1 Å². The van der Waals surface area contributed by atoms with Gasteiger partial charge in [0.2, 0.25) is 0 Å². The summed E-state index contributed by atoms with van der Waals surface area (Å²) in [5.41, 5.74) is 11.2. The van der Waals surface area contributed by atoms with E-state index in [9.17, 15) is 9.18 Å². The molecular weight excluding hydrogens is 443 g/mol. The number of carboxylic acid groups (broad SMARTS) is 1. The van der Waals surface area contributed by atoms with Gasteiger partial charge in [0.25, 0.3) is 0 Å². The summed E-state index contributed by atoms with van der Waals surface area (Å²) in [6.07, 6.45) is 11.5. The summed E-state index contributed by atoms with van der Waals surface area (Å²) in [6, 6.07) is 6.36. The van der Waals surface area contributed by atoms with E-state index in [1.54, 1.807) is 0 Å². The number of fused-ring (bicyclic) bond motifs is 2. The lowest BCUT2D eigenvalue weighted by atomic mass is 9.82. The van der Waals surface area contributed by atoms with Crippen LogP contribution in [0.1, 0.15) is 55.2 Å². The molecule has 35 heavy (non-hydrogen) atoms. The summed E-state index contributed by atoms with van der Waals surface area (Å²) in [4.78, 5) is 15.8. The molecule has 2 aliphatic carbocycles. The number of aliphatic carboxylic acids is 1. The van der Waals surface area contributed by atoms with Crippen molar-refractivity contribution in [1.29, 1.82) is 0 Å². The molecule has 0 unspecified atom stereocenters. The summed E-state index contributed by atoms with van der Waals surface area (Å²) in [6.45, 7) is 2.75. The Morgan fingerprint density at radius 1 is 1.23 bits per heavy atom. The second-order valence-corrected chi connectivity index (χ2v) is 10.4. The minimum Gasteiger partial charge on any atom is -0.481 e. The van der Waals surface area contributed by atoms with Gasteiger partial charge in [-0.3, -0.25) is 15.1 Å². The number of carboxylic acids is 1. The summed E-state index contributed by atoms with van der Waals surface area (Å²) in [5, 5.41) is 13.7. The maximum absolute atomic E-state index is 14.5. The number of nitrogens with one attached hydrogen (secondary N) is 1. The smallest absolute Gasteiger partial charge is 0.303 e. The van der Waals surface area contributed by atoms with Crippen LogP contribution in [0.2, 0.25) is 0 Å². The highest BCUT2D eigenvalue weighted by atomic mass is 19.1. The first kappa shape index (κ1) is 22.3. The van der Waals surface area contributed by atoms with E-state index >= 15 is 0 Å². The average Bonchev–Trinajstić information content (AvgIpc) is 3.09. The van der Waals surface area contributed by atoms with Crippen molar-refractivity contribution in [2.24, 2.45) is 11.0 Å². The van der Waals surface area contributed by atoms with Crippen LogP contribution in [0.4, 0.5) is 4.39 Å². The third kappa shape index (κ3) is 4.01. The average molecular weight is 475 g/mol. The topological polar surface area (TPSA) is 68.2 Å². The molecule has 0 atom stereocenters. The Morgan fingerprint density at radius 3 is 2.77 bits per heavy atom. The maximum Gasteiger partial charge on any atom is 0.303 e. The van der Waals surface area contributed by atoms with Crippen molar-refractivity contribution in [2.45, 2.75) is 44.6 Å². The van der Waals surface area contributed by atoms with E-state index in [0.29, 0.717) is 29.7 Å². The molecule has 7 heteroatoms. The van der Waals surface area contributed by atoms with E-state index in [4.69, 9.17) is 5.11 Å². The Balaban J connectivity index is 1.25.